The number of benzene rings is 1. The summed E-state index contributed by atoms with van der Waals surface area (Å²) in [5.41, 5.74) is 3.26. The molecule has 4 rings (SSSR count). The number of aliphatic hydroxyl groups excluding tert-OH is 1. The molecule has 1 aliphatic rings. The number of nitrogens with zero attached hydrogens (tertiary/aromatic N) is 2. The molecule has 0 spiro atoms. The first-order valence-electron chi connectivity index (χ1n) is 9.00. The topological polar surface area (TPSA) is 96.4 Å². The van der Waals surface area contributed by atoms with Crippen LogP contribution in [0.1, 0.15) is 28.4 Å². The van der Waals surface area contributed by atoms with Crippen LogP contribution in [-0.2, 0) is 0 Å². The zero-order valence-corrected chi connectivity index (χ0v) is 15.6. The molecule has 3 aromatic rings. The lowest BCUT2D eigenvalue weighted by molar-refractivity contribution is 0.138. The van der Waals surface area contributed by atoms with Gasteiger partial charge in [-0.05, 0) is 49.4 Å². The molecule has 1 aromatic carbocycles. The van der Waals surface area contributed by atoms with Crippen molar-refractivity contribution in [2.75, 3.05) is 0 Å². The van der Waals surface area contributed by atoms with E-state index in [0.717, 1.165) is 16.8 Å². The van der Waals surface area contributed by atoms with Crippen LogP contribution in [0.5, 0.6) is 11.5 Å². The van der Waals surface area contributed by atoms with E-state index >= 15 is 0 Å². The van der Waals surface area contributed by atoms with E-state index in [1.807, 2.05) is 43.3 Å². The van der Waals surface area contributed by atoms with Gasteiger partial charge >= 0.3 is 6.03 Å². The predicted octanol–water partition coefficient (Wildman–Crippen LogP) is 2.65. The van der Waals surface area contributed by atoms with Gasteiger partial charge in [-0.1, -0.05) is 11.8 Å². The zero-order chi connectivity index (χ0) is 20.2. The predicted molar refractivity (Wildman–Crippen MR) is 106 cm³/mol. The average molecular weight is 386 g/mol. The lowest BCUT2D eigenvalue weighted by Crippen LogP contribution is -2.27. The fraction of sp³-hybridized carbons (Fsp3) is 0.136. The molecule has 144 valence electrons. The Morgan fingerprint density at radius 1 is 1.03 bits per heavy atom. The molecule has 3 N–H and O–H groups in total. The molecule has 0 aliphatic carbocycles. The number of aliphatic hydroxyl groups is 1. The molecule has 1 aliphatic heterocycles. The Bertz CT molecular complexity index is 1100. The molecule has 0 bridgehead atoms. The van der Waals surface area contributed by atoms with Crippen molar-refractivity contribution in [3.05, 3.63) is 83.4 Å². The van der Waals surface area contributed by atoms with Crippen molar-refractivity contribution in [2.45, 2.75) is 19.2 Å². The number of aryl methyl sites for hydroxylation is 1. The minimum atomic E-state index is -1.05. The maximum atomic E-state index is 11.5. The highest BCUT2D eigenvalue weighted by Gasteiger charge is 2.33. The van der Waals surface area contributed by atoms with Crippen LogP contribution in [0.15, 0.2) is 61.1 Å². The van der Waals surface area contributed by atoms with Gasteiger partial charge in [-0.15, -0.1) is 0 Å². The van der Waals surface area contributed by atoms with Crippen LogP contribution in [-0.4, -0.2) is 27.3 Å². The quantitative estimate of drug-likeness (QED) is 0.602. The van der Waals surface area contributed by atoms with Gasteiger partial charge in [-0.3, -0.25) is 9.97 Å². The average Bonchev–Trinajstić information content (AvgIpc) is 3.06. The minimum Gasteiger partial charge on any atom is -0.457 e. The number of nitrogens with one attached hydrogen (secondary N) is 2. The second kappa shape index (κ2) is 8.00. The van der Waals surface area contributed by atoms with Crippen molar-refractivity contribution in [1.82, 2.24) is 20.6 Å². The number of hydrogen-bond acceptors (Lipinski definition) is 5. The fourth-order valence-corrected chi connectivity index (χ4v) is 2.95. The SMILES string of the molecule is Cc1cc(C#Cc2ccc(Oc3ccncc3C3NC(=O)NC3O)cc2)ccn1. The number of ether oxygens (including phenoxy) is 1. The Labute approximate surface area is 167 Å². The van der Waals surface area contributed by atoms with Crippen molar-refractivity contribution >= 4 is 6.03 Å². The monoisotopic (exact) mass is 386 g/mol. The fourth-order valence-electron chi connectivity index (χ4n) is 2.95. The van der Waals surface area contributed by atoms with Crippen molar-refractivity contribution in [3.8, 4) is 23.3 Å². The summed E-state index contributed by atoms with van der Waals surface area (Å²) < 4.78 is 5.95. The highest BCUT2D eigenvalue weighted by molar-refractivity contribution is 5.77. The van der Waals surface area contributed by atoms with Crippen LogP contribution in [0.25, 0.3) is 0 Å². The van der Waals surface area contributed by atoms with Gasteiger partial charge in [0.15, 0.2) is 6.23 Å². The number of pyridine rings is 2. The Balaban J connectivity index is 1.51. The summed E-state index contributed by atoms with van der Waals surface area (Å²) in [7, 11) is 0. The molecule has 2 atom stereocenters. The summed E-state index contributed by atoms with van der Waals surface area (Å²) in [5, 5.41) is 15.1. The van der Waals surface area contributed by atoms with Crippen LogP contribution in [0.4, 0.5) is 4.79 Å². The number of urea groups is 1. The summed E-state index contributed by atoms with van der Waals surface area (Å²) >= 11 is 0. The van der Waals surface area contributed by atoms with Gasteiger partial charge in [0, 0.05) is 41.0 Å². The van der Waals surface area contributed by atoms with E-state index in [9.17, 15) is 9.90 Å². The third-order valence-corrected chi connectivity index (χ3v) is 4.36. The molecule has 1 saturated heterocycles. The van der Waals surface area contributed by atoms with Gasteiger partial charge in [0.25, 0.3) is 0 Å². The first kappa shape index (κ1) is 18.5. The second-order valence-corrected chi connectivity index (χ2v) is 6.52. The van der Waals surface area contributed by atoms with E-state index in [-0.39, 0.29) is 0 Å². The van der Waals surface area contributed by atoms with Crippen LogP contribution >= 0.6 is 0 Å². The molecular formula is C22H18N4O3. The first-order valence-corrected chi connectivity index (χ1v) is 9.00. The standard InChI is InChI=1S/C22H18N4O3/c1-14-12-16(8-11-24-14)3-2-15-4-6-17(7-5-15)29-19-9-10-23-13-18(19)20-21(27)26-22(28)25-20/h4-13,20-21,27H,1H3,(H2,25,26,28). The molecule has 29 heavy (non-hydrogen) atoms. The highest BCUT2D eigenvalue weighted by Crippen LogP contribution is 2.31. The van der Waals surface area contributed by atoms with Crippen molar-refractivity contribution in [2.24, 2.45) is 0 Å². The van der Waals surface area contributed by atoms with Crippen molar-refractivity contribution in [1.29, 1.82) is 0 Å². The Kier molecular flexibility index (Phi) is 5.10. The van der Waals surface area contributed by atoms with Crippen LogP contribution < -0.4 is 15.4 Å². The summed E-state index contributed by atoms with van der Waals surface area (Å²) in [6.07, 6.45) is 3.84. The lowest BCUT2D eigenvalue weighted by atomic mass is 10.1. The molecule has 3 heterocycles. The van der Waals surface area contributed by atoms with Gasteiger partial charge < -0.3 is 20.5 Å². The number of amides is 2. The van der Waals surface area contributed by atoms with Crippen molar-refractivity contribution < 1.29 is 14.6 Å². The largest absolute Gasteiger partial charge is 0.457 e. The number of hydrogen-bond donors (Lipinski definition) is 3. The number of aromatic nitrogens is 2. The smallest absolute Gasteiger partial charge is 0.317 e. The molecule has 0 saturated carbocycles. The normalized spacial score (nSPS) is 17.7. The molecular weight excluding hydrogens is 368 g/mol. The maximum Gasteiger partial charge on any atom is 0.317 e. The van der Waals surface area contributed by atoms with Crippen molar-refractivity contribution in [3.63, 3.8) is 0 Å². The molecule has 1 fully saturated rings. The van der Waals surface area contributed by atoms with E-state index in [1.165, 1.54) is 0 Å². The second-order valence-electron chi connectivity index (χ2n) is 6.52. The summed E-state index contributed by atoms with van der Waals surface area (Å²) in [6.45, 7) is 1.93. The van der Waals surface area contributed by atoms with E-state index in [2.05, 4.69) is 32.4 Å². The van der Waals surface area contributed by atoms with E-state index < -0.39 is 18.3 Å². The third-order valence-electron chi connectivity index (χ3n) is 4.36. The Hall–Kier alpha value is -3.89. The summed E-state index contributed by atoms with van der Waals surface area (Å²) in [5.74, 6) is 7.33. The van der Waals surface area contributed by atoms with Crippen LogP contribution in [0, 0.1) is 18.8 Å². The van der Waals surface area contributed by atoms with E-state index in [1.54, 1.807) is 24.7 Å². The molecule has 7 nitrogen and oxygen atoms in total. The maximum absolute atomic E-state index is 11.5. The highest BCUT2D eigenvalue weighted by atomic mass is 16.5. The van der Waals surface area contributed by atoms with E-state index in [0.29, 0.717) is 17.1 Å². The van der Waals surface area contributed by atoms with Gasteiger partial charge in [0.1, 0.15) is 17.5 Å². The van der Waals surface area contributed by atoms with Gasteiger partial charge in [-0.2, -0.15) is 0 Å². The molecule has 2 unspecified atom stereocenters. The van der Waals surface area contributed by atoms with Gasteiger partial charge in [-0.25, -0.2) is 4.79 Å². The van der Waals surface area contributed by atoms with Crippen LogP contribution in [0.3, 0.4) is 0 Å². The van der Waals surface area contributed by atoms with Gasteiger partial charge in [0.05, 0.1) is 0 Å². The van der Waals surface area contributed by atoms with Gasteiger partial charge in [0.2, 0.25) is 0 Å². The van der Waals surface area contributed by atoms with E-state index in [4.69, 9.17) is 4.74 Å². The molecule has 2 amide bonds. The summed E-state index contributed by atoms with van der Waals surface area (Å²) in [6, 6.07) is 11.8. The zero-order valence-electron chi connectivity index (χ0n) is 15.6. The summed E-state index contributed by atoms with van der Waals surface area (Å²) in [4.78, 5) is 19.7. The molecule has 2 aromatic heterocycles. The Morgan fingerprint density at radius 3 is 2.55 bits per heavy atom. The molecule has 7 heteroatoms. The Morgan fingerprint density at radius 2 is 1.83 bits per heavy atom. The van der Waals surface area contributed by atoms with Crippen LogP contribution in [0.2, 0.25) is 0 Å². The number of carbonyl (C=O) groups is 1. The number of carbonyl (C=O) groups excluding carboxylic acids is 1. The number of rotatable bonds is 3. The molecule has 0 radical (unpaired) electrons. The minimum absolute atomic E-state index is 0.440. The first-order chi connectivity index (χ1) is 14.1. The lowest BCUT2D eigenvalue weighted by Gasteiger charge is -2.17. The third kappa shape index (κ3) is 4.34.